The van der Waals surface area contributed by atoms with Gasteiger partial charge in [-0.15, -0.1) is 24.0 Å². The average molecular weight is 200 g/mol. The Morgan fingerprint density at radius 1 is 1.33 bits per heavy atom. The van der Waals surface area contributed by atoms with Crippen molar-refractivity contribution < 1.29 is 0 Å². The quantitative estimate of drug-likeness (QED) is 0.535. The van der Waals surface area contributed by atoms with Gasteiger partial charge in [0.1, 0.15) is 0 Å². The van der Waals surface area contributed by atoms with E-state index in [9.17, 15) is 0 Å². The first-order chi connectivity index (χ1) is 5.84. The molecule has 0 spiro atoms. The summed E-state index contributed by atoms with van der Waals surface area (Å²) in [6.45, 7) is 2.24. The van der Waals surface area contributed by atoms with Crippen LogP contribution in [0, 0.1) is 0 Å². The molecule has 0 aromatic carbocycles. The number of hydrogen-bond acceptors (Lipinski definition) is 2. The Labute approximate surface area is 84.4 Å². The Morgan fingerprint density at radius 2 is 2.17 bits per heavy atom. The average Bonchev–Trinajstić information content (AvgIpc) is 2.46. The molecule has 0 bridgehead atoms. The van der Waals surface area contributed by atoms with E-state index < -0.39 is 0 Å². The molecule has 0 amide bonds. The minimum atomic E-state index is 1.20. The van der Waals surface area contributed by atoms with E-state index in [2.05, 4.69) is 31.0 Å². The Kier molecular flexibility index (Phi) is 4.77. The second-order valence-corrected chi connectivity index (χ2v) is 4.73. The van der Waals surface area contributed by atoms with Gasteiger partial charge in [0.15, 0.2) is 0 Å². The van der Waals surface area contributed by atoms with Gasteiger partial charge in [-0.25, -0.2) is 0 Å². The van der Waals surface area contributed by atoms with Gasteiger partial charge in [0.25, 0.3) is 0 Å². The number of unbranched alkanes of at least 4 members (excludes halogenated alkanes) is 3. The molecule has 0 atom stereocenters. The Hall–Kier alpha value is 0.0500. The summed E-state index contributed by atoms with van der Waals surface area (Å²) in [5, 5.41) is 2.12. The van der Waals surface area contributed by atoms with Gasteiger partial charge in [0.05, 0.1) is 4.21 Å². The first kappa shape index (κ1) is 10.1. The van der Waals surface area contributed by atoms with Crippen molar-refractivity contribution in [3.63, 3.8) is 0 Å². The largest absolute Gasteiger partial charge is 0.137 e. The summed E-state index contributed by atoms with van der Waals surface area (Å²) < 4.78 is 1.20. The van der Waals surface area contributed by atoms with Crippen LogP contribution in [-0.4, -0.2) is 0 Å². The topological polar surface area (TPSA) is 0 Å². The van der Waals surface area contributed by atoms with E-state index in [-0.39, 0.29) is 0 Å². The van der Waals surface area contributed by atoms with Gasteiger partial charge in [-0.2, -0.15) is 0 Å². The van der Waals surface area contributed by atoms with Gasteiger partial charge in [0, 0.05) is 0 Å². The molecule has 0 aliphatic carbocycles. The number of rotatable bonds is 5. The van der Waals surface area contributed by atoms with Crippen molar-refractivity contribution in [1.29, 1.82) is 0 Å². The molecule has 0 radical (unpaired) electrons. The van der Waals surface area contributed by atoms with Gasteiger partial charge in [-0.3, -0.25) is 0 Å². The molecule has 0 saturated carbocycles. The van der Waals surface area contributed by atoms with Crippen molar-refractivity contribution in [3.05, 3.63) is 17.0 Å². The first-order valence-electron chi connectivity index (χ1n) is 4.60. The molecule has 0 unspecified atom stereocenters. The van der Waals surface area contributed by atoms with Crippen LogP contribution in [0.1, 0.15) is 38.2 Å². The molecule has 0 N–H and O–H groups in total. The lowest BCUT2D eigenvalue weighted by Gasteiger charge is -1.98. The molecule has 0 aliphatic heterocycles. The Morgan fingerprint density at radius 3 is 2.75 bits per heavy atom. The maximum atomic E-state index is 4.39. The van der Waals surface area contributed by atoms with E-state index in [1.807, 2.05) is 0 Å². The van der Waals surface area contributed by atoms with Crippen molar-refractivity contribution in [2.45, 2.75) is 43.2 Å². The number of hydrogen-bond donors (Lipinski definition) is 1. The van der Waals surface area contributed by atoms with Crippen LogP contribution >= 0.6 is 24.0 Å². The summed E-state index contributed by atoms with van der Waals surface area (Å²) in [7, 11) is 0. The summed E-state index contributed by atoms with van der Waals surface area (Å²) in [6, 6.07) is 2.19. The zero-order chi connectivity index (χ0) is 8.81. The zero-order valence-corrected chi connectivity index (χ0v) is 9.26. The molecule has 0 aliphatic rings. The van der Waals surface area contributed by atoms with Crippen LogP contribution < -0.4 is 0 Å². The minimum Gasteiger partial charge on any atom is -0.137 e. The third-order valence-electron chi connectivity index (χ3n) is 2.02. The van der Waals surface area contributed by atoms with Gasteiger partial charge in [0.2, 0.25) is 0 Å². The highest BCUT2D eigenvalue weighted by Gasteiger charge is 1.98. The van der Waals surface area contributed by atoms with Gasteiger partial charge in [-0.05, 0) is 29.9 Å². The zero-order valence-electron chi connectivity index (χ0n) is 7.55. The fraction of sp³-hybridized carbons (Fsp3) is 0.600. The van der Waals surface area contributed by atoms with Crippen LogP contribution in [0.3, 0.4) is 0 Å². The highest BCUT2D eigenvalue weighted by atomic mass is 32.2. The van der Waals surface area contributed by atoms with E-state index in [1.165, 1.54) is 41.9 Å². The van der Waals surface area contributed by atoms with E-state index in [1.54, 1.807) is 11.3 Å². The summed E-state index contributed by atoms with van der Waals surface area (Å²) in [5.74, 6) is 0. The van der Waals surface area contributed by atoms with Crippen LogP contribution in [0.5, 0.6) is 0 Å². The Balaban J connectivity index is 2.20. The van der Waals surface area contributed by atoms with Crippen LogP contribution in [-0.2, 0) is 6.42 Å². The smallest absolute Gasteiger partial charge is 0.0600 e. The lowest BCUT2D eigenvalue weighted by Crippen LogP contribution is -1.83. The lowest BCUT2D eigenvalue weighted by atomic mass is 10.1. The number of thiophene rings is 1. The fourth-order valence-electron chi connectivity index (χ4n) is 1.26. The summed E-state index contributed by atoms with van der Waals surface area (Å²) >= 11 is 6.12. The van der Waals surface area contributed by atoms with Crippen LogP contribution in [0.4, 0.5) is 0 Å². The fourth-order valence-corrected chi connectivity index (χ4v) is 2.31. The van der Waals surface area contributed by atoms with Crippen molar-refractivity contribution >= 4 is 24.0 Å². The third kappa shape index (κ3) is 3.20. The molecule has 2 heteroatoms. The number of aryl methyl sites for hydroxylation is 1. The maximum Gasteiger partial charge on any atom is 0.0600 e. The SMILES string of the molecule is CCCCCCc1ccsc1S. The van der Waals surface area contributed by atoms with E-state index in [4.69, 9.17) is 0 Å². The predicted octanol–water partition coefficient (Wildman–Crippen LogP) is 4.16. The van der Waals surface area contributed by atoms with Crippen molar-refractivity contribution in [3.8, 4) is 0 Å². The minimum absolute atomic E-state index is 1.20. The van der Waals surface area contributed by atoms with Crippen LogP contribution in [0.2, 0.25) is 0 Å². The summed E-state index contributed by atoms with van der Waals surface area (Å²) in [6.07, 6.45) is 6.57. The normalized spacial score (nSPS) is 10.5. The highest BCUT2D eigenvalue weighted by Crippen LogP contribution is 2.22. The molecular weight excluding hydrogens is 184 g/mol. The molecule has 1 aromatic rings. The predicted molar refractivity (Wildman–Crippen MR) is 59.4 cm³/mol. The molecule has 1 rings (SSSR count). The van der Waals surface area contributed by atoms with Crippen LogP contribution in [0.25, 0.3) is 0 Å². The van der Waals surface area contributed by atoms with Crippen molar-refractivity contribution in [2.75, 3.05) is 0 Å². The molecule has 0 fully saturated rings. The second kappa shape index (κ2) is 5.65. The standard InChI is InChI=1S/C10H16S2/c1-2-3-4-5-6-9-7-8-12-10(9)11/h7-8,11H,2-6H2,1H3. The summed E-state index contributed by atoms with van der Waals surface area (Å²) in [4.78, 5) is 0. The van der Waals surface area contributed by atoms with E-state index in [0.29, 0.717) is 0 Å². The van der Waals surface area contributed by atoms with Gasteiger partial charge < -0.3 is 0 Å². The van der Waals surface area contributed by atoms with Crippen molar-refractivity contribution in [2.24, 2.45) is 0 Å². The Bertz CT molecular complexity index is 215. The third-order valence-corrected chi connectivity index (χ3v) is 3.38. The van der Waals surface area contributed by atoms with E-state index in [0.717, 1.165) is 0 Å². The lowest BCUT2D eigenvalue weighted by molar-refractivity contribution is 0.665. The van der Waals surface area contributed by atoms with Crippen LogP contribution in [0.15, 0.2) is 15.7 Å². The molecule has 0 nitrogen and oxygen atoms in total. The molecule has 68 valence electrons. The molecule has 12 heavy (non-hydrogen) atoms. The summed E-state index contributed by atoms with van der Waals surface area (Å²) in [5.41, 5.74) is 1.43. The highest BCUT2D eigenvalue weighted by molar-refractivity contribution is 7.82. The monoisotopic (exact) mass is 200 g/mol. The molecule has 1 heterocycles. The van der Waals surface area contributed by atoms with Gasteiger partial charge >= 0.3 is 0 Å². The second-order valence-electron chi connectivity index (χ2n) is 3.06. The molecular formula is C10H16S2. The number of thiol groups is 1. The molecule has 0 saturated heterocycles. The maximum absolute atomic E-state index is 4.39. The first-order valence-corrected chi connectivity index (χ1v) is 5.92. The molecule has 1 aromatic heterocycles. The van der Waals surface area contributed by atoms with Crippen molar-refractivity contribution in [1.82, 2.24) is 0 Å². The van der Waals surface area contributed by atoms with E-state index >= 15 is 0 Å². The van der Waals surface area contributed by atoms with Gasteiger partial charge in [-0.1, -0.05) is 26.2 Å².